The van der Waals surface area contributed by atoms with Gasteiger partial charge in [0.15, 0.2) is 0 Å². The lowest BCUT2D eigenvalue weighted by Crippen LogP contribution is -2.42. The highest BCUT2D eigenvalue weighted by Gasteiger charge is 2.30. The van der Waals surface area contributed by atoms with Crippen LogP contribution in [0.1, 0.15) is 21.5 Å². The van der Waals surface area contributed by atoms with Crippen LogP contribution in [-0.2, 0) is 17.4 Å². The van der Waals surface area contributed by atoms with Crippen LogP contribution in [0.25, 0.3) is 22.3 Å². The highest BCUT2D eigenvalue weighted by Crippen LogP contribution is 2.32. The molecule has 0 spiro atoms. The van der Waals surface area contributed by atoms with E-state index in [-0.39, 0.29) is 17.7 Å². The third kappa shape index (κ3) is 6.78. The number of carbonyl (C=O) groups excluding carboxylic acids is 1. The van der Waals surface area contributed by atoms with E-state index in [0.717, 1.165) is 23.3 Å². The van der Waals surface area contributed by atoms with E-state index < -0.39 is 29.7 Å². The topological polar surface area (TPSA) is 75.6 Å². The fraction of sp³-hybridized carbons (Fsp3) is 0.133. The molecule has 0 aromatic heterocycles. The lowest BCUT2D eigenvalue weighted by atomic mass is 9.99. The van der Waals surface area contributed by atoms with E-state index in [1.807, 2.05) is 24.3 Å². The molecule has 4 aromatic carbocycles. The van der Waals surface area contributed by atoms with E-state index in [1.165, 1.54) is 31.4 Å². The van der Waals surface area contributed by atoms with E-state index in [0.29, 0.717) is 21.7 Å². The van der Waals surface area contributed by atoms with Crippen molar-refractivity contribution in [2.45, 2.75) is 18.6 Å². The van der Waals surface area contributed by atoms with Gasteiger partial charge in [-0.1, -0.05) is 66.2 Å². The predicted molar refractivity (Wildman–Crippen MR) is 143 cm³/mol. The Labute approximate surface area is 227 Å². The first-order chi connectivity index (χ1) is 18.5. The van der Waals surface area contributed by atoms with Crippen LogP contribution in [0.5, 0.6) is 5.75 Å². The molecule has 1 atom stereocenters. The zero-order valence-electron chi connectivity index (χ0n) is 20.6. The number of benzene rings is 4. The molecule has 0 aliphatic rings. The van der Waals surface area contributed by atoms with Gasteiger partial charge in [-0.2, -0.15) is 13.2 Å². The third-order valence-corrected chi connectivity index (χ3v) is 6.42. The number of aliphatic carboxylic acids is 1. The van der Waals surface area contributed by atoms with Crippen molar-refractivity contribution in [1.29, 1.82) is 0 Å². The summed E-state index contributed by atoms with van der Waals surface area (Å²) in [5, 5.41) is 12.9. The lowest BCUT2D eigenvalue weighted by Gasteiger charge is -2.17. The van der Waals surface area contributed by atoms with Crippen molar-refractivity contribution in [3.05, 3.63) is 113 Å². The smallest absolute Gasteiger partial charge is 0.416 e. The second kappa shape index (κ2) is 11.6. The number of methoxy groups -OCH3 is 1. The van der Waals surface area contributed by atoms with Gasteiger partial charge in [-0.3, -0.25) is 4.79 Å². The van der Waals surface area contributed by atoms with Crippen LogP contribution in [0.3, 0.4) is 0 Å². The Morgan fingerprint density at radius 3 is 1.90 bits per heavy atom. The fourth-order valence-electron chi connectivity index (χ4n) is 4.06. The summed E-state index contributed by atoms with van der Waals surface area (Å²) in [7, 11) is 1.36. The molecule has 0 bridgehead atoms. The van der Waals surface area contributed by atoms with Crippen LogP contribution in [0, 0.1) is 0 Å². The molecular weight excluding hydrogens is 531 g/mol. The zero-order valence-corrected chi connectivity index (χ0v) is 21.4. The summed E-state index contributed by atoms with van der Waals surface area (Å²) < 4.78 is 44.0. The van der Waals surface area contributed by atoms with Crippen LogP contribution < -0.4 is 10.1 Å². The molecule has 0 fully saturated rings. The van der Waals surface area contributed by atoms with Gasteiger partial charge in [0, 0.05) is 11.4 Å². The summed E-state index contributed by atoms with van der Waals surface area (Å²) in [6.07, 6.45) is -4.44. The number of amides is 1. The van der Waals surface area contributed by atoms with Gasteiger partial charge >= 0.3 is 12.1 Å². The number of carbonyl (C=O) groups is 2. The molecule has 0 aliphatic heterocycles. The van der Waals surface area contributed by atoms with E-state index in [9.17, 15) is 27.9 Å². The second-order valence-corrected chi connectivity index (χ2v) is 9.20. The van der Waals surface area contributed by atoms with Crippen molar-refractivity contribution in [3.8, 4) is 28.0 Å². The van der Waals surface area contributed by atoms with Gasteiger partial charge in [-0.05, 0) is 64.2 Å². The van der Waals surface area contributed by atoms with E-state index in [4.69, 9.17) is 16.3 Å². The average Bonchev–Trinajstić information content (AvgIpc) is 2.92. The van der Waals surface area contributed by atoms with E-state index in [2.05, 4.69) is 5.32 Å². The first-order valence-electron chi connectivity index (χ1n) is 11.8. The van der Waals surface area contributed by atoms with Gasteiger partial charge in [0.05, 0.1) is 18.2 Å². The van der Waals surface area contributed by atoms with E-state index in [1.54, 1.807) is 30.3 Å². The average molecular weight is 554 g/mol. The molecule has 0 saturated carbocycles. The largest absolute Gasteiger partial charge is 0.496 e. The molecule has 4 rings (SSSR count). The molecule has 0 heterocycles. The highest BCUT2D eigenvalue weighted by atomic mass is 35.5. The quantitative estimate of drug-likeness (QED) is 0.243. The molecule has 9 heteroatoms. The van der Waals surface area contributed by atoms with Gasteiger partial charge in [-0.15, -0.1) is 0 Å². The molecule has 1 unspecified atom stereocenters. The summed E-state index contributed by atoms with van der Waals surface area (Å²) in [5.74, 6) is -1.71. The van der Waals surface area contributed by atoms with Crippen molar-refractivity contribution < 1.29 is 32.6 Å². The molecule has 5 nitrogen and oxygen atoms in total. The maximum Gasteiger partial charge on any atom is 0.416 e. The van der Waals surface area contributed by atoms with Crippen molar-refractivity contribution in [2.24, 2.45) is 0 Å². The Balaban J connectivity index is 1.52. The minimum atomic E-state index is -4.47. The maximum absolute atomic E-state index is 13.2. The minimum Gasteiger partial charge on any atom is -0.496 e. The summed E-state index contributed by atoms with van der Waals surface area (Å²) in [6.45, 7) is 0. The molecule has 200 valence electrons. The Hall–Kier alpha value is -4.30. The number of hydrogen-bond acceptors (Lipinski definition) is 3. The van der Waals surface area contributed by atoms with Crippen molar-refractivity contribution >= 4 is 23.5 Å². The first-order valence-corrected chi connectivity index (χ1v) is 12.2. The van der Waals surface area contributed by atoms with E-state index >= 15 is 0 Å². The monoisotopic (exact) mass is 553 g/mol. The summed E-state index contributed by atoms with van der Waals surface area (Å²) >= 11 is 5.94. The van der Waals surface area contributed by atoms with Gasteiger partial charge in [0.1, 0.15) is 11.8 Å². The number of hydrogen-bond donors (Lipinski definition) is 2. The Kier molecular flexibility index (Phi) is 8.26. The summed E-state index contributed by atoms with van der Waals surface area (Å²) in [6, 6.07) is 22.5. The number of rotatable bonds is 8. The first kappa shape index (κ1) is 27.7. The Morgan fingerprint density at radius 2 is 1.36 bits per heavy atom. The number of carboxylic acids is 1. The van der Waals surface area contributed by atoms with Crippen LogP contribution in [0.15, 0.2) is 91.0 Å². The number of ether oxygens (including phenoxy) is 1. The van der Waals surface area contributed by atoms with Gasteiger partial charge in [0.25, 0.3) is 5.91 Å². The van der Waals surface area contributed by atoms with Crippen molar-refractivity contribution in [2.75, 3.05) is 7.11 Å². The number of carboxylic acid groups (broad SMARTS) is 1. The molecular formula is C30H23ClF3NO4. The normalized spacial score (nSPS) is 12.0. The van der Waals surface area contributed by atoms with Crippen molar-refractivity contribution in [3.63, 3.8) is 0 Å². The van der Waals surface area contributed by atoms with Gasteiger partial charge in [-0.25, -0.2) is 4.79 Å². The van der Waals surface area contributed by atoms with Crippen LogP contribution in [-0.4, -0.2) is 30.1 Å². The summed E-state index contributed by atoms with van der Waals surface area (Å²) in [5.41, 5.74) is 2.77. The number of alkyl halides is 3. The zero-order chi connectivity index (χ0) is 28.2. The number of nitrogens with one attached hydrogen (secondary N) is 1. The molecule has 0 saturated heterocycles. The summed E-state index contributed by atoms with van der Waals surface area (Å²) in [4.78, 5) is 25.1. The van der Waals surface area contributed by atoms with Crippen LogP contribution in [0.4, 0.5) is 13.2 Å². The van der Waals surface area contributed by atoms with Crippen LogP contribution in [0.2, 0.25) is 5.02 Å². The SMILES string of the molecule is COc1ccc(-c2ccc(C(F)(F)F)cc2)cc1C(=O)NC(Cc1ccc(-c2ccc(Cl)cc2)cc1)C(=O)O. The second-order valence-electron chi connectivity index (χ2n) is 8.76. The Bertz CT molecular complexity index is 1470. The Morgan fingerprint density at radius 1 is 0.846 bits per heavy atom. The molecule has 2 N–H and O–H groups in total. The van der Waals surface area contributed by atoms with Gasteiger partial charge < -0.3 is 15.2 Å². The molecule has 4 aromatic rings. The number of halogens is 4. The van der Waals surface area contributed by atoms with Gasteiger partial charge in [0.2, 0.25) is 0 Å². The lowest BCUT2D eigenvalue weighted by molar-refractivity contribution is -0.139. The standard InChI is InChI=1S/C30H23ClF3NO4/c1-39-27-15-10-22(21-6-11-23(12-7-21)30(32,33)34)17-25(27)28(36)35-26(29(37)38)16-18-2-4-19(5-3-18)20-8-13-24(31)14-9-20/h2-15,17,26H,16H2,1H3,(H,35,36)(H,37,38). The molecule has 1 amide bonds. The highest BCUT2D eigenvalue weighted by molar-refractivity contribution is 6.30. The van der Waals surface area contributed by atoms with Crippen molar-refractivity contribution in [1.82, 2.24) is 5.32 Å². The third-order valence-electron chi connectivity index (χ3n) is 6.16. The predicted octanol–water partition coefficient (Wildman–Crippen LogP) is 7.13. The maximum atomic E-state index is 13.2. The molecule has 0 radical (unpaired) electrons. The molecule has 0 aliphatic carbocycles. The molecule has 39 heavy (non-hydrogen) atoms. The fourth-order valence-corrected chi connectivity index (χ4v) is 4.19. The minimum absolute atomic E-state index is 0.0306. The van der Waals surface area contributed by atoms with Crippen LogP contribution >= 0.6 is 11.6 Å².